The number of thiazole rings is 1. The Hall–Kier alpha value is -1.66. The number of carbonyl (C=O) groups excluding carboxylic acids is 1. The summed E-state index contributed by atoms with van der Waals surface area (Å²) in [6, 6.07) is 5.37. The van der Waals surface area contributed by atoms with Crippen molar-refractivity contribution in [3.8, 4) is 0 Å². The molecule has 1 aromatic heterocycles. The Bertz CT molecular complexity index is 597. The number of aromatic nitrogens is 1. The molecule has 4 N–H and O–H groups in total. The molecule has 0 aliphatic carbocycles. The molecule has 0 fully saturated rings. The van der Waals surface area contributed by atoms with Crippen molar-refractivity contribution >= 4 is 32.6 Å². The first-order chi connectivity index (χ1) is 9.63. The Labute approximate surface area is 121 Å². The number of hydrogen-bond acceptors (Lipinski definition) is 5. The smallest absolute Gasteiger partial charge is 0.251 e. The summed E-state index contributed by atoms with van der Waals surface area (Å²) in [5, 5.41) is 12.4. The van der Waals surface area contributed by atoms with Crippen molar-refractivity contribution in [2.24, 2.45) is 5.92 Å². The molecule has 1 unspecified atom stereocenters. The molecule has 0 spiro atoms. The van der Waals surface area contributed by atoms with Crippen LogP contribution in [0.25, 0.3) is 10.2 Å². The number of aliphatic hydroxyl groups is 1. The Morgan fingerprint density at radius 1 is 1.55 bits per heavy atom. The second-order valence-corrected chi connectivity index (χ2v) is 5.79. The quantitative estimate of drug-likeness (QED) is 0.760. The summed E-state index contributed by atoms with van der Waals surface area (Å²) in [5.41, 5.74) is 7.08. The van der Waals surface area contributed by atoms with Gasteiger partial charge in [-0.2, -0.15) is 0 Å². The van der Waals surface area contributed by atoms with Crippen LogP contribution in [0.4, 0.5) is 5.13 Å². The second kappa shape index (κ2) is 6.67. The van der Waals surface area contributed by atoms with E-state index in [2.05, 4.69) is 17.2 Å². The van der Waals surface area contributed by atoms with E-state index in [1.54, 1.807) is 6.07 Å². The number of anilines is 1. The van der Waals surface area contributed by atoms with Gasteiger partial charge in [0.05, 0.1) is 10.2 Å². The van der Waals surface area contributed by atoms with E-state index in [-0.39, 0.29) is 12.5 Å². The summed E-state index contributed by atoms with van der Waals surface area (Å²) < 4.78 is 0.914. The standard InChI is InChI=1S/C14H19N3O2S/c1-2-9(5-6-18)8-16-13(19)10-3-4-11-12(7-10)20-14(15)17-11/h3-4,7,9,18H,2,5-6,8H2,1H3,(H2,15,17)(H,16,19). The lowest BCUT2D eigenvalue weighted by Crippen LogP contribution is -2.29. The van der Waals surface area contributed by atoms with Crippen molar-refractivity contribution < 1.29 is 9.90 Å². The highest BCUT2D eigenvalue weighted by Gasteiger charge is 2.11. The van der Waals surface area contributed by atoms with Gasteiger partial charge in [-0.05, 0) is 30.5 Å². The van der Waals surface area contributed by atoms with Gasteiger partial charge in [-0.3, -0.25) is 4.79 Å². The lowest BCUT2D eigenvalue weighted by atomic mass is 10.0. The first-order valence-corrected chi connectivity index (χ1v) is 7.50. The van der Waals surface area contributed by atoms with Gasteiger partial charge in [0.1, 0.15) is 0 Å². The number of aliphatic hydroxyl groups excluding tert-OH is 1. The molecule has 0 aliphatic heterocycles. The lowest BCUT2D eigenvalue weighted by Gasteiger charge is -2.14. The van der Waals surface area contributed by atoms with Gasteiger partial charge in [0.2, 0.25) is 0 Å². The predicted octanol–water partition coefficient (Wildman–Crippen LogP) is 2.02. The number of hydrogen-bond donors (Lipinski definition) is 3. The Kier molecular flexibility index (Phi) is 4.92. The predicted molar refractivity (Wildman–Crippen MR) is 81.8 cm³/mol. The minimum atomic E-state index is -0.102. The first-order valence-electron chi connectivity index (χ1n) is 6.69. The van der Waals surface area contributed by atoms with Crippen LogP contribution in [0.15, 0.2) is 18.2 Å². The molecule has 20 heavy (non-hydrogen) atoms. The van der Waals surface area contributed by atoms with Crippen molar-refractivity contribution in [1.82, 2.24) is 10.3 Å². The third kappa shape index (κ3) is 3.46. The maximum absolute atomic E-state index is 12.1. The number of benzene rings is 1. The highest BCUT2D eigenvalue weighted by molar-refractivity contribution is 7.22. The highest BCUT2D eigenvalue weighted by Crippen LogP contribution is 2.24. The minimum Gasteiger partial charge on any atom is -0.396 e. The summed E-state index contributed by atoms with van der Waals surface area (Å²) >= 11 is 1.37. The van der Waals surface area contributed by atoms with Crippen LogP contribution < -0.4 is 11.1 Å². The maximum atomic E-state index is 12.1. The normalized spacial score (nSPS) is 12.5. The van der Waals surface area contributed by atoms with Crippen molar-refractivity contribution in [3.05, 3.63) is 23.8 Å². The molecule has 2 aromatic rings. The SMILES string of the molecule is CCC(CCO)CNC(=O)c1ccc2nc(N)sc2c1. The molecule has 0 radical (unpaired) electrons. The maximum Gasteiger partial charge on any atom is 0.251 e. The zero-order valence-corrected chi connectivity index (χ0v) is 12.2. The van der Waals surface area contributed by atoms with Gasteiger partial charge >= 0.3 is 0 Å². The van der Waals surface area contributed by atoms with Crippen LogP contribution in [0.2, 0.25) is 0 Å². The molecule has 2 rings (SSSR count). The Balaban J connectivity index is 2.03. The number of nitrogens with one attached hydrogen (secondary N) is 1. The van der Waals surface area contributed by atoms with Gasteiger partial charge in [0, 0.05) is 18.7 Å². The molecule has 1 atom stereocenters. The minimum absolute atomic E-state index is 0.102. The highest BCUT2D eigenvalue weighted by atomic mass is 32.1. The summed E-state index contributed by atoms with van der Waals surface area (Å²) in [4.78, 5) is 16.3. The van der Waals surface area contributed by atoms with E-state index >= 15 is 0 Å². The molecule has 0 saturated carbocycles. The van der Waals surface area contributed by atoms with Crippen LogP contribution >= 0.6 is 11.3 Å². The fraction of sp³-hybridized carbons (Fsp3) is 0.429. The average Bonchev–Trinajstić information content (AvgIpc) is 2.82. The molecule has 6 heteroatoms. The van der Waals surface area contributed by atoms with Crippen LogP contribution in [-0.4, -0.2) is 29.1 Å². The van der Waals surface area contributed by atoms with Gasteiger partial charge in [-0.1, -0.05) is 24.7 Å². The van der Waals surface area contributed by atoms with E-state index in [4.69, 9.17) is 10.8 Å². The molecular formula is C14H19N3O2S. The summed E-state index contributed by atoms with van der Waals surface area (Å²) in [6.07, 6.45) is 1.65. The fourth-order valence-corrected chi connectivity index (χ4v) is 2.83. The second-order valence-electron chi connectivity index (χ2n) is 4.73. The van der Waals surface area contributed by atoms with Gasteiger partial charge in [0.25, 0.3) is 5.91 Å². The number of nitrogens with zero attached hydrogens (tertiary/aromatic N) is 1. The topological polar surface area (TPSA) is 88.2 Å². The zero-order chi connectivity index (χ0) is 14.5. The molecule has 5 nitrogen and oxygen atoms in total. The summed E-state index contributed by atoms with van der Waals surface area (Å²) in [6.45, 7) is 2.79. The van der Waals surface area contributed by atoms with Gasteiger partial charge in [-0.25, -0.2) is 4.98 Å². The molecule has 108 valence electrons. The van der Waals surface area contributed by atoms with Crippen LogP contribution in [-0.2, 0) is 0 Å². The van der Waals surface area contributed by atoms with Crippen molar-refractivity contribution in [2.75, 3.05) is 18.9 Å². The van der Waals surface area contributed by atoms with E-state index < -0.39 is 0 Å². The number of carbonyl (C=O) groups is 1. The number of nitrogens with two attached hydrogens (primary N) is 1. The summed E-state index contributed by atoms with van der Waals surface area (Å²) in [7, 11) is 0. The number of fused-ring (bicyclic) bond motifs is 1. The lowest BCUT2D eigenvalue weighted by molar-refractivity contribution is 0.0943. The van der Waals surface area contributed by atoms with Gasteiger partial charge in [0.15, 0.2) is 5.13 Å². The third-order valence-corrected chi connectivity index (χ3v) is 4.18. The monoisotopic (exact) mass is 293 g/mol. The molecule has 1 heterocycles. The van der Waals surface area contributed by atoms with Crippen LogP contribution in [0.5, 0.6) is 0 Å². The molecule has 1 amide bonds. The van der Waals surface area contributed by atoms with Crippen molar-refractivity contribution in [1.29, 1.82) is 0 Å². The van der Waals surface area contributed by atoms with E-state index in [1.807, 2.05) is 12.1 Å². The van der Waals surface area contributed by atoms with E-state index in [0.717, 1.165) is 16.6 Å². The van der Waals surface area contributed by atoms with Crippen LogP contribution in [0.1, 0.15) is 30.1 Å². The number of nitrogen functional groups attached to an aromatic ring is 1. The zero-order valence-electron chi connectivity index (χ0n) is 11.4. The molecule has 0 saturated heterocycles. The van der Waals surface area contributed by atoms with Crippen molar-refractivity contribution in [3.63, 3.8) is 0 Å². The number of amides is 1. The first kappa shape index (κ1) is 14.7. The average molecular weight is 293 g/mol. The third-order valence-electron chi connectivity index (χ3n) is 3.33. The van der Waals surface area contributed by atoms with Crippen LogP contribution in [0.3, 0.4) is 0 Å². The van der Waals surface area contributed by atoms with E-state index in [0.29, 0.717) is 29.6 Å². The molecule has 0 bridgehead atoms. The Morgan fingerprint density at radius 3 is 3.05 bits per heavy atom. The Morgan fingerprint density at radius 2 is 2.35 bits per heavy atom. The number of rotatable bonds is 6. The molecular weight excluding hydrogens is 274 g/mol. The van der Waals surface area contributed by atoms with Crippen molar-refractivity contribution in [2.45, 2.75) is 19.8 Å². The van der Waals surface area contributed by atoms with Gasteiger partial charge < -0.3 is 16.2 Å². The molecule has 1 aromatic carbocycles. The largest absolute Gasteiger partial charge is 0.396 e. The van der Waals surface area contributed by atoms with Crippen LogP contribution in [0, 0.1) is 5.92 Å². The molecule has 0 aliphatic rings. The van der Waals surface area contributed by atoms with E-state index in [1.165, 1.54) is 11.3 Å². The fourth-order valence-electron chi connectivity index (χ4n) is 2.06. The van der Waals surface area contributed by atoms with Gasteiger partial charge in [-0.15, -0.1) is 0 Å². The summed E-state index contributed by atoms with van der Waals surface area (Å²) in [5.74, 6) is 0.210. The van der Waals surface area contributed by atoms with E-state index in [9.17, 15) is 4.79 Å².